The van der Waals surface area contributed by atoms with Crippen LogP contribution >= 0.6 is 0 Å². The van der Waals surface area contributed by atoms with E-state index in [0.717, 1.165) is 24.9 Å². The van der Waals surface area contributed by atoms with Crippen LogP contribution in [0.4, 0.5) is 0 Å². The Morgan fingerprint density at radius 2 is 1.32 bits per heavy atom. The first-order chi connectivity index (χ1) is 13.7. The van der Waals surface area contributed by atoms with Crippen molar-refractivity contribution in [2.75, 3.05) is 19.6 Å². The second-order valence-electron chi connectivity index (χ2n) is 7.94. The number of nitrogens with zero attached hydrogens (tertiary/aromatic N) is 1. The second kappa shape index (κ2) is 10.6. The lowest BCUT2D eigenvalue weighted by Gasteiger charge is -2.23. The van der Waals surface area contributed by atoms with Crippen molar-refractivity contribution >= 4 is 21.5 Å². The zero-order valence-electron chi connectivity index (χ0n) is 17.5. The van der Waals surface area contributed by atoms with E-state index in [1.54, 1.807) is 0 Å². The lowest BCUT2D eigenvalue weighted by Crippen LogP contribution is -2.27. The number of aliphatic hydroxyl groups is 1. The number of benzene rings is 3. The van der Waals surface area contributed by atoms with Gasteiger partial charge in [-0.1, -0.05) is 75.2 Å². The summed E-state index contributed by atoms with van der Waals surface area (Å²) in [6.07, 6.45) is 6.47. The van der Waals surface area contributed by atoms with E-state index in [-0.39, 0.29) is 0 Å². The molecule has 1 N–H and O–H groups in total. The van der Waals surface area contributed by atoms with Crippen LogP contribution in [-0.2, 0) is 0 Å². The van der Waals surface area contributed by atoms with E-state index in [4.69, 9.17) is 0 Å². The molecule has 1 unspecified atom stereocenters. The predicted octanol–water partition coefficient (Wildman–Crippen LogP) is 6.71. The largest absolute Gasteiger partial charge is 0.388 e. The van der Waals surface area contributed by atoms with E-state index in [0.29, 0.717) is 0 Å². The van der Waals surface area contributed by atoms with Gasteiger partial charge in [-0.15, -0.1) is 0 Å². The Bertz CT molecular complexity index is 865. The summed E-state index contributed by atoms with van der Waals surface area (Å²) in [7, 11) is 0. The van der Waals surface area contributed by atoms with Crippen LogP contribution < -0.4 is 0 Å². The van der Waals surface area contributed by atoms with Crippen LogP contribution in [0, 0.1) is 0 Å². The van der Waals surface area contributed by atoms with Crippen molar-refractivity contribution in [1.82, 2.24) is 4.90 Å². The quantitative estimate of drug-likeness (QED) is 0.375. The van der Waals surface area contributed by atoms with E-state index in [1.807, 2.05) is 0 Å². The minimum absolute atomic E-state index is 0.409. The van der Waals surface area contributed by atoms with Crippen LogP contribution in [0.2, 0.25) is 0 Å². The van der Waals surface area contributed by atoms with Crippen LogP contribution in [0.25, 0.3) is 21.5 Å². The minimum atomic E-state index is -0.409. The molecule has 0 saturated carbocycles. The summed E-state index contributed by atoms with van der Waals surface area (Å²) in [5.74, 6) is 0. The lowest BCUT2D eigenvalue weighted by molar-refractivity contribution is 0.156. The number of hydrogen-bond acceptors (Lipinski definition) is 2. The van der Waals surface area contributed by atoms with Gasteiger partial charge >= 0.3 is 0 Å². The molecule has 3 aromatic carbocycles. The zero-order valence-corrected chi connectivity index (χ0v) is 17.5. The molecule has 2 nitrogen and oxygen atoms in total. The number of aliphatic hydroxyl groups excluding tert-OH is 1. The minimum Gasteiger partial charge on any atom is -0.388 e. The molecule has 0 amide bonds. The summed E-state index contributed by atoms with van der Waals surface area (Å²) < 4.78 is 0. The van der Waals surface area contributed by atoms with Gasteiger partial charge in [-0.2, -0.15) is 0 Å². The summed E-state index contributed by atoms with van der Waals surface area (Å²) in [6.45, 7) is 7.97. The molecular weight excluding hydrogens is 342 g/mol. The molecule has 2 heteroatoms. The molecule has 150 valence electrons. The number of fused-ring (bicyclic) bond motifs is 3. The van der Waals surface area contributed by atoms with Crippen molar-refractivity contribution in [3.8, 4) is 0 Å². The third-order valence-electron chi connectivity index (χ3n) is 5.77. The Hall–Kier alpha value is -1.90. The van der Waals surface area contributed by atoms with E-state index in [2.05, 4.69) is 73.3 Å². The van der Waals surface area contributed by atoms with E-state index in [1.165, 1.54) is 60.3 Å². The van der Waals surface area contributed by atoms with Gasteiger partial charge in [0.15, 0.2) is 0 Å². The summed E-state index contributed by atoms with van der Waals surface area (Å²) in [4.78, 5) is 2.58. The Labute approximate surface area is 170 Å². The maximum absolute atomic E-state index is 11.0. The first kappa shape index (κ1) is 20.8. The average Bonchev–Trinajstić information content (AvgIpc) is 2.74. The van der Waals surface area contributed by atoms with Gasteiger partial charge in [-0.05, 0) is 78.5 Å². The van der Waals surface area contributed by atoms with Crippen LogP contribution in [0.3, 0.4) is 0 Å². The summed E-state index contributed by atoms with van der Waals surface area (Å²) >= 11 is 0. The van der Waals surface area contributed by atoms with E-state index >= 15 is 0 Å². The van der Waals surface area contributed by atoms with Crippen molar-refractivity contribution in [2.45, 2.75) is 58.5 Å². The predicted molar refractivity (Wildman–Crippen MR) is 122 cm³/mol. The van der Waals surface area contributed by atoms with Crippen molar-refractivity contribution in [3.05, 3.63) is 60.2 Å². The molecule has 0 aliphatic rings. The van der Waals surface area contributed by atoms with Crippen LogP contribution in [0.5, 0.6) is 0 Å². The second-order valence-corrected chi connectivity index (χ2v) is 7.94. The van der Waals surface area contributed by atoms with Gasteiger partial charge in [0.2, 0.25) is 0 Å². The molecule has 28 heavy (non-hydrogen) atoms. The van der Waals surface area contributed by atoms with Crippen LogP contribution in [0.15, 0.2) is 54.6 Å². The van der Waals surface area contributed by atoms with Gasteiger partial charge < -0.3 is 10.0 Å². The first-order valence-electron chi connectivity index (χ1n) is 11.1. The molecule has 0 heterocycles. The highest BCUT2D eigenvalue weighted by Crippen LogP contribution is 2.33. The van der Waals surface area contributed by atoms with Gasteiger partial charge in [0.1, 0.15) is 0 Å². The number of rotatable bonds is 11. The number of unbranched alkanes of at least 4 members (excludes halogenated alkanes) is 2. The maximum Gasteiger partial charge on any atom is 0.0796 e. The standard InChI is InChI=1S/C26H35NO/c1-3-5-17-27(18-6-4-2)19-11-16-26(28)25-20-21-12-7-8-13-22(21)23-14-9-10-15-24(23)25/h7-10,12-15,20,26,28H,3-6,11,16-19H2,1-2H3. The average molecular weight is 378 g/mol. The van der Waals surface area contributed by atoms with Crippen molar-refractivity contribution in [3.63, 3.8) is 0 Å². The van der Waals surface area contributed by atoms with Gasteiger partial charge in [0, 0.05) is 0 Å². The SMILES string of the molecule is CCCCN(CCCC)CCCC(O)c1cc2ccccc2c2ccccc12. The zero-order chi connectivity index (χ0) is 19.8. The molecule has 0 aromatic heterocycles. The van der Waals surface area contributed by atoms with Crippen molar-refractivity contribution in [1.29, 1.82) is 0 Å². The molecule has 0 fully saturated rings. The fourth-order valence-corrected chi connectivity index (χ4v) is 4.12. The van der Waals surface area contributed by atoms with Gasteiger partial charge in [0.05, 0.1) is 6.10 Å². The lowest BCUT2D eigenvalue weighted by atomic mass is 9.93. The fraction of sp³-hybridized carbons (Fsp3) is 0.462. The Balaban J connectivity index is 1.73. The fourth-order valence-electron chi connectivity index (χ4n) is 4.12. The third kappa shape index (κ3) is 5.12. The summed E-state index contributed by atoms with van der Waals surface area (Å²) in [5.41, 5.74) is 1.07. The molecule has 0 radical (unpaired) electrons. The Morgan fingerprint density at radius 3 is 2.00 bits per heavy atom. The van der Waals surface area contributed by atoms with Crippen LogP contribution in [-0.4, -0.2) is 29.6 Å². The first-order valence-corrected chi connectivity index (χ1v) is 11.1. The maximum atomic E-state index is 11.0. The molecule has 3 rings (SSSR count). The van der Waals surface area contributed by atoms with Gasteiger partial charge in [-0.3, -0.25) is 0 Å². The molecule has 0 spiro atoms. The van der Waals surface area contributed by atoms with Crippen molar-refractivity contribution < 1.29 is 5.11 Å². The third-order valence-corrected chi connectivity index (χ3v) is 5.77. The monoisotopic (exact) mass is 377 g/mol. The molecular formula is C26H35NO. The molecule has 0 aliphatic heterocycles. The van der Waals surface area contributed by atoms with E-state index in [9.17, 15) is 5.11 Å². The highest BCUT2D eigenvalue weighted by molar-refractivity contribution is 6.09. The summed E-state index contributed by atoms with van der Waals surface area (Å²) in [5, 5.41) is 15.9. The van der Waals surface area contributed by atoms with Crippen molar-refractivity contribution in [2.24, 2.45) is 0 Å². The highest BCUT2D eigenvalue weighted by Gasteiger charge is 2.14. The summed E-state index contributed by atoms with van der Waals surface area (Å²) in [6, 6.07) is 19.2. The van der Waals surface area contributed by atoms with Gasteiger partial charge in [-0.25, -0.2) is 0 Å². The normalized spacial score (nSPS) is 12.9. The molecule has 0 bridgehead atoms. The molecule has 1 atom stereocenters. The smallest absolute Gasteiger partial charge is 0.0796 e. The van der Waals surface area contributed by atoms with E-state index < -0.39 is 6.10 Å². The highest BCUT2D eigenvalue weighted by atomic mass is 16.3. The molecule has 0 saturated heterocycles. The number of hydrogen-bond donors (Lipinski definition) is 1. The molecule has 0 aliphatic carbocycles. The van der Waals surface area contributed by atoms with Crippen LogP contribution in [0.1, 0.15) is 64.0 Å². The van der Waals surface area contributed by atoms with Gasteiger partial charge in [0.25, 0.3) is 0 Å². The molecule has 3 aromatic rings. The Morgan fingerprint density at radius 1 is 0.750 bits per heavy atom. The topological polar surface area (TPSA) is 23.5 Å². The Kier molecular flexibility index (Phi) is 7.88.